The normalized spacial score (nSPS) is 13.1. The average Bonchev–Trinajstić information content (AvgIpc) is 2.63. The summed E-state index contributed by atoms with van der Waals surface area (Å²) in [5.74, 6) is 0.942. The molecule has 1 atom stereocenters. The second kappa shape index (κ2) is 6.04. The third kappa shape index (κ3) is 3.24. The Kier molecular flexibility index (Phi) is 4.91. The van der Waals surface area contributed by atoms with Crippen LogP contribution in [-0.4, -0.2) is 20.7 Å². The summed E-state index contributed by atoms with van der Waals surface area (Å²) in [6.45, 7) is 10.1. The maximum absolute atomic E-state index is 11.3. The van der Waals surface area contributed by atoms with Crippen molar-refractivity contribution in [1.29, 1.82) is 0 Å². The fourth-order valence-corrected chi connectivity index (χ4v) is 2.18. The van der Waals surface area contributed by atoms with E-state index in [4.69, 9.17) is 0 Å². The van der Waals surface area contributed by atoms with E-state index in [1.165, 1.54) is 0 Å². The molecule has 0 amide bonds. The molecule has 1 rings (SSSR count). The average molecular weight is 268 g/mol. The zero-order valence-electron chi connectivity index (χ0n) is 12.6. The largest absolute Gasteiger partial charge is 0.362 e. The molecule has 0 saturated carbocycles. The molecule has 6 heteroatoms. The summed E-state index contributed by atoms with van der Waals surface area (Å²) < 4.78 is 1.58. The van der Waals surface area contributed by atoms with Gasteiger partial charge in [-0.05, 0) is 12.3 Å². The molecule has 1 unspecified atom stereocenters. The van der Waals surface area contributed by atoms with Gasteiger partial charge in [0.15, 0.2) is 0 Å². The zero-order chi connectivity index (χ0) is 14.7. The molecular weight excluding hydrogens is 244 g/mol. The van der Waals surface area contributed by atoms with Crippen LogP contribution in [0.4, 0.5) is 11.5 Å². The van der Waals surface area contributed by atoms with Crippen LogP contribution in [0.1, 0.15) is 52.7 Å². The molecule has 0 bridgehead atoms. The van der Waals surface area contributed by atoms with Gasteiger partial charge in [0, 0.05) is 19.0 Å². The Balaban J connectivity index is 3.23. The van der Waals surface area contributed by atoms with Crippen molar-refractivity contribution in [2.24, 2.45) is 13.0 Å². The minimum absolute atomic E-state index is 0.0290. The minimum Gasteiger partial charge on any atom is -0.362 e. The Hall–Kier alpha value is -1.59. The van der Waals surface area contributed by atoms with Crippen molar-refractivity contribution >= 4 is 11.5 Å². The number of aryl methyl sites for hydroxylation is 1. The molecule has 19 heavy (non-hydrogen) atoms. The highest BCUT2D eigenvalue weighted by molar-refractivity contribution is 5.61. The number of nitro groups is 1. The third-order valence-corrected chi connectivity index (χ3v) is 3.34. The number of aromatic nitrogens is 2. The molecular formula is C13H24N4O2. The highest BCUT2D eigenvalue weighted by Crippen LogP contribution is 2.33. The van der Waals surface area contributed by atoms with E-state index in [9.17, 15) is 10.1 Å². The van der Waals surface area contributed by atoms with Gasteiger partial charge in [-0.1, -0.05) is 34.6 Å². The highest BCUT2D eigenvalue weighted by atomic mass is 16.6. The lowest BCUT2D eigenvalue weighted by atomic mass is 10.0. The predicted octanol–water partition coefficient (Wildman–Crippen LogP) is 3.30. The Morgan fingerprint density at radius 3 is 2.32 bits per heavy atom. The Morgan fingerprint density at radius 2 is 1.95 bits per heavy atom. The van der Waals surface area contributed by atoms with Crippen LogP contribution >= 0.6 is 0 Å². The van der Waals surface area contributed by atoms with Gasteiger partial charge in [0.25, 0.3) is 0 Å². The lowest BCUT2D eigenvalue weighted by molar-refractivity contribution is -0.384. The standard InChI is InChI=1S/C13H24N4O2/c1-7-10(8(2)3)14-13-12(17(18)19)11(9(4)5)15-16(13)6/h8-10,14H,7H2,1-6H3. The summed E-state index contributed by atoms with van der Waals surface area (Å²) in [6.07, 6.45) is 0.914. The second-order valence-electron chi connectivity index (χ2n) is 5.52. The third-order valence-electron chi connectivity index (χ3n) is 3.34. The fraction of sp³-hybridized carbons (Fsp3) is 0.769. The molecule has 108 valence electrons. The Bertz CT molecular complexity index is 452. The molecule has 0 aromatic carbocycles. The Labute approximate surface area is 114 Å². The number of nitrogens with one attached hydrogen (secondary N) is 1. The molecule has 0 aliphatic carbocycles. The van der Waals surface area contributed by atoms with Gasteiger partial charge in [0.1, 0.15) is 5.69 Å². The highest BCUT2D eigenvalue weighted by Gasteiger charge is 2.29. The van der Waals surface area contributed by atoms with Crippen LogP contribution in [0.3, 0.4) is 0 Å². The molecule has 1 aromatic rings. The topological polar surface area (TPSA) is 73.0 Å². The van der Waals surface area contributed by atoms with Gasteiger partial charge in [0.05, 0.1) is 4.92 Å². The number of rotatable bonds is 6. The molecule has 1 N–H and O–H groups in total. The predicted molar refractivity (Wildman–Crippen MR) is 76.5 cm³/mol. The summed E-state index contributed by atoms with van der Waals surface area (Å²) in [6, 6.07) is 0.203. The fourth-order valence-electron chi connectivity index (χ4n) is 2.18. The molecule has 6 nitrogen and oxygen atoms in total. The first-order valence-electron chi connectivity index (χ1n) is 6.77. The van der Waals surface area contributed by atoms with Crippen molar-refractivity contribution in [2.75, 3.05) is 5.32 Å². The van der Waals surface area contributed by atoms with E-state index >= 15 is 0 Å². The van der Waals surface area contributed by atoms with Crippen molar-refractivity contribution in [3.63, 3.8) is 0 Å². The molecule has 0 fully saturated rings. The van der Waals surface area contributed by atoms with Crippen molar-refractivity contribution in [1.82, 2.24) is 9.78 Å². The van der Waals surface area contributed by atoms with Gasteiger partial charge in [-0.2, -0.15) is 5.10 Å². The van der Waals surface area contributed by atoms with Crippen molar-refractivity contribution < 1.29 is 4.92 Å². The van der Waals surface area contributed by atoms with Crippen molar-refractivity contribution in [2.45, 2.75) is 53.0 Å². The number of hydrogen-bond donors (Lipinski definition) is 1. The van der Waals surface area contributed by atoms with Gasteiger partial charge in [0.2, 0.25) is 5.82 Å². The van der Waals surface area contributed by atoms with Gasteiger partial charge in [-0.3, -0.25) is 10.1 Å². The van der Waals surface area contributed by atoms with Crippen LogP contribution in [0.5, 0.6) is 0 Å². The van der Waals surface area contributed by atoms with Crippen LogP contribution in [0.25, 0.3) is 0 Å². The first-order chi connectivity index (χ1) is 8.79. The zero-order valence-corrected chi connectivity index (χ0v) is 12.6. The van der Waals surface area contributed by atoms with E-state index in [2.05, 4.69) is 31.2 Å². The number of hydrogen-bond acceptors (Lipinski definition) is 4. The van der Waals surface area contributed by atoms with Crippen molar-refractivity contribution in [3.8, 4) is 0 Å². The van der Waals surface area contributed by atoms with Crippen LogP contribution in [0.15, 0.2) is 0 Å². The molecule has 0 spiro atoms. The smallest absolute Gasteiger partial charge is 0.334 e. The van der Waals surface area contributed by atoms with E-state index < -0.39 is 0 Å². The first kappa shape index (κ1) is 15.5. The quantitative estimate of drug-likeness (QED) is 0.634. The monoisotopic (exact) mass is 268 g/mol. The molecule has 1 heterocycles. The molecule has 0 aliphatic heterocycles. The first-order valence-corrected chi connectivity index (χ1v) is 6.77. The Morgan fingerprint density at radius 1 is 1.37 bits per heavy atom. The second-order valence-corrected chi connectivity index (χ2v) is 5.52. The van der Waals surface area contributed by atoms with Crippen molar-refractivity contribution in [3.05, 3.63) is 15.8 Å². The summed E-state index contributed by atoms with van der Waals surface area (Å²) >= 11 is 0. The summed E-state index contributed by atoms with van der Waals surface area (Å²) in [5, 5.41) is 18.9. The van der Waals surface area contributed by atoms with E-state index in [1.54, 1.807) is 11.7 Å². The van der Waals surface area contributed by atoms with E-state index in [1.807, 2.05) is 13.8 Å². The SMILES string of the molecule is CCC(Nc1c([N+](=O)[O-])c(C(C)C)nn1C)C(C)C. The lowest BCUT2D eigenvalue weighted by Gasteiger charge is -2.21. The van der Waals surface area contributed by atoms with Crippen LogP contribution in [0, 0.1) is 16.0 Å². The summed E-state index contributed by atoms with van der Waals surface area (Å²) in [5.41, 5.74) is 0.644. The van der Waals surface area contributed by atoms with Gasteiger partial charge >= 0.3 is 5.69 Å². The lowest BCUT2D eigenvalue weighted by Crippen LogP contribution is -2.26. The molecule has 1 aromatic heterocycles. The number of nitrogens with zero attached hydrogens (tertiary/aromatic N) is 3. The van der Waals surface area contributed by atoms with Gasteiger partial charge in [-0.15, -0.1) is 0 Å². The minimum atomic E-state index is -0.336. The van der Waals surface area contributed by atoms with E-state index in [-0.39, 0.29) is 22.6 Å². The van der Waals surface area contributed by atoms with Gasteiger partial charge in [-0.25, -0.2) is 4.68 Å². The van der Waals surface area contributed by atoms with E-state index in [0.29, 0.717) is 17.4 Å². The number of anilines is 1. The van der Waals surface area contributed by atoms with Gasteiger partial charge < -0.3 is 5.32 Å². The van der Waals surface area contributed by atoms with Crippen LogP contribution < -0.4 is 5.32 Å². The molecule has 0 aliphatic rings. The van der Waals surface area contributed by atoms with Crippen LogP contribution in [-0.2, 0) is 7.05 Å². The maximum atomic E-state index is 11.3. The summed E-state index contributed by atoms with van der Waals surface area (Å²) in [4.78, 5) is 11.0. The maximum Gasteiger partial charge on any atom is 0.334 e. The molecule has 0 radical (unpaired) electrons. The molecule has 0 saturated heterocycles. The summed E-state index contributed by atoms with van der Waals surface area (Å²) in [7, 11) is 1.74. The van der Waals surface area contributed by atoms with E-state index in [0.717, 1.165) is 6.42 Å². The van der Waals surface area contributed by atoms with Crippen LogP contribution in [0.2, 0.25) is 0 Å².